The lowest BCUT2D eigenvalue weighted by Crippen LogP contribution is -2.43. The first-order valence-corrected chi connectivity index (χ1v) is 10.5. The second-order valence-corrected chi connectivity index (χ2v) is 8.06. The summed E-state index contributed by atoms with van der Waals surface area (Å²) in [4.78, 5) is 34.1. The number of aromatic nitrogens is 5. The zero-order valence-electron chi connectivity index (χ0n) is 16.4. The van der Waals surface area contributed by atoms with E-state index in [2.05, 4.69) is 35.1 Å². The quantitative estimate of drug-likeness (QED) is 0.457. The Hall–Kier alpha value is -3.13. The molecule has 5 rings (SSSR count). The van der Waals surface area contributed by atoms with E-state index in [0.29, 0.717) is 23.8 Å². The number of hydrogen-bond donors (Lipinski definition) is 3. The average Bonchev–Trinajstić information content (AvgIpc) is 3.40. The van der Waals surface area contributed by atoms with E-state index in [9.17, 15) is 4.79 Å². The molecule has 9 heteroatoms. The van der Waals surface area contributed by atoms with Gasteiger partial charge in [0.05, 0.1) is 12.2 Å². The Morgan fingerprint density at radius 2 is 2.20 bits per heavy atom. The van der Waals surface area contributed by atoms with Crippen LogP contribution in [-0.2, 0) is 11.2 Å². The molecule has 1 saturated heterocycles. The van der Waals surface area contributed by atoms with Crippen molar-refractivity contribution < 1.29 is 4.79 Å². The molecule has 0 saturated carbocycles. The zero-order valence-corrected chi connectivity index (χ0v) is 17.1. The van der Waals surface area contributed by atoms with Gasteiger partial charge in [0.25, 0.3) is 0 Å². The summed E-state index contributed by atoms with van der Waals surface area (Å²) in [6.45, 7) is 2.10. The Morgan fingerprint density at radius 1 is 1.27 bits per heavy atom. The SMILES string of the molecule is O=C(NCCc1c[nH]c2ccc(Cl)cc12)[C@@H]1CCCN(c2ncnc3nc[nH]c23)C1. The fourth-order valence-electron chi connectivity index (χ4n) is 4.20. The van der Waals surface area contributed by atoms with Crippen LogP contribution >= 0.6 is 11.6 Å². The number of piperidine rings is 1. The lowest BCUT2D eigenvalue weighted by Gasteiger charge is -2.32. The van der Waals surface area contributed by atoms with Crippen LogP contribution in [0, 0.1) is 5.92 Å². The molecule has 1 aromatic carbocycles. The molecule has 0 spiro atoms. The normalized spacial score (nSPS) is 17.0. The lowest BCUT2D eigenvalue weighted by atomic mass is 9.97. The molecule has 1 aliphatic heterocycles. The van der Waals surface area contributed by atoms with Gasteiger partial charge in [-0.3, -0.25) is 4.79 Å². The summed E-state index contributed by atoms with van der Waals surface area (Å²) in [5.41, 5.74) is 3.67. The number of nitrogens with zero attached hydrogens (tertiary/aromatic N) is 4. The molecule has 154 valence electrons. The summed E-state index contributed by atoms with van der Waals surface area (Å²) in [6, 6.07) is 5.80. The second kappa shape index (κ2) is 7.95. The maximum Gasteiger partial charge on any atom is 0.224 e. The number of anilines is 1. The number of H-pyrrole nitrogens is 2. The van der Waals surface area contributed by atoms with Gasteiger partial charge in [0.15, 0.2) is 11.5 Å². The minimum Gasteiger partial charge on any atom is -0.361 e. The van der Waals surface area contributed by atoms with Crippen LogP contribution in [0.15, 0.2) is 37.1 Å². The smallest absolute Gasteiger partial charge is 0.224 e. The molecule has 1 aliphatic rings. The van der Waals surface area contributed by atoms with Crippen molar-refractivity contribution in [2.75, 3.05) is 24.5 Å². The van der Waals surface area contributed by atoms with Crippen LogP contribution < -0.4 is 10.2 Å². The summed E-state index contributed by atoms with van der Waals surface area (Å²) in [5.74, 6) is 0.835. The number of nitrogens with one attached hydrogen (secondary N) is 3. The van der Waals surface area contributed by atoms with E-state index in [4.69, 9.17) is 11.6 Å². The molecule has 0 radical (unpaired) electrons. The van der Waals surface area contributed by atoms with Crippen molar-refractivity contribution in [3.8, 4) is 0 Å². The van der Waals surface area contributed by atoms with Crippen molar-refractivity contribution in [1.29, 1.82) is 0 Å². The van der Waals surface area contributed by atoms with Crippen molar-refractivity contribution in [2.24, 2.45) is 5.92 Å². The van der Waals surface area contributed by atoms with Gasteiger partial charge in [-0.15, -0.1) is 0 Å². The topological polar surface area (TPSA) is 103 Å². The van der Waals surface area contributed by atoms with E-state index in [1.165, 1.54) is 6.33 Å². The first kappa shape index (κ1) is 18.9. The summed E-state index contributed by atoms with van der Waals surface area (Å²) < 4.78 is 0. The molecule has 1 fully saturated rings. The molecular weight excluding hydrogens is 402 g/mol. The summed E-state index contributed by atoms with van der Waals surface area (Å²) in [6.07, 6.45) is 7.70. The third-order valence-electron chi connectivity index (χ3n) is 5.72. The van der Waals surface area contributed by atoms with E-state index in [1.54, 1.807) is 6.33 Å². The standard InChI is InChI=1S/C21H22ClN7O/c22-15-3-4-17-16(8-15)13(9-24-17)5-6-23-21(30)14-2-1-7-29(10-14)20-18-19(26-11-25-18)27-12-28-20/h3-4,8-9,11-12,14,24H,1-2,5-7,10H2,(H,23,30)(H,25,26,27,28)/t14-/m1/s1. The maximum atomic E-state index is 12.8. The predicted molar refractivity (Wildman–Crippen MR) is 117 cm³/mol. The first-order valence-electron chi connectivity index (χ1n) is 10.1. The number of benzene rings is 1. The second-order valence-electron chi connectivity index (χ2n) is 7.63. The number of amides is 1. The molecular formula is C21H22ClN7O. The molecule has 3 N–H and O–H groups in total. The number of hydrogen-bond acceptors (Lipinski definition) is 5. The lowest BCUT2D eigenvalue weighted by molar-refractivity contribution is -0.125. The highest BCUT2D eigenvalue weighted by atomic mass is 35.5. The highest BCUT2D eigenvalue weighted by Crippen LogP contribution is 2.26. The number of carbonyl (C=O) groups is 1. The summed E-state index contributed by atoms with van der Waals surface area (Å²) in [7, 11) is 0. The van der Waals surface area contributed by atoms with Gasteiger partial charge in [-0.1, -0.05) is 11.6 Å². The Balaban J connectivity index is 1.22. The molecule has 4 aromatic rings. The van der Waals surface area contributed by atoms with Crippen LogP contribution in [0.1, 0.15) is 18.4 Å². The van der Waals surface area contributed by atoms with Crippen molar-refractivity contribution in [1.82, 2.24) is 30.2 Å². The maximum absolute atomic E-state index is 12.8. The van der Waals surface area contributed by atoms with Crippen LogP contribution in [0.3, 0.4) is 0 Å². The van der Waals surface area contributed by atoms with Gasteiger partial charge in [-0.2, -0.15) is 0 Å². The number of carbonyl (C=O) groups excluding carboxylic acids is 1. The molecule has 0 unspecified atom stereocenters. The van der Waals surface area contributed by atoms with Gasteiger partial charge in [0, 0.05) is 41.8 Å². The zero-order chi connectivity index (χ0) is 20.5. The molecule has 30 heavy (non-hydrogen) atoms. The Labute approximate surface area is 178 Å². The minimum absolute atomic E-state index is 0.0656. The van der Waals surface area contributed by atoms with Gasteiger partial charge < -0.3 is 20.2 Å². The third-order valence-corrected chi connectivity index (χ3v) is 5.95. The molecule has 1 atom stereocenters. The van der Waals surface area contributed by atoms with Crippen LogP contribution in [0.5, 0.6) is 0 Å². The minimum atomic E-state index is -0.0656. The van der Waals surface area contributed by atoms with Crippen molar-refractivity contribution in [3.63, 3.8) is 0 Å². The number of aromatic amines is 2. The highest BCUT2D eigenvalue weighted by Gasteiger charge is 2.27. The van der Waals surface area contributed by atoms with E-state index in [0.717, 1.165) is 53.6 Å². The molecule has 3 aromatic heterocycles. The van der Waals surface area contributed by atoms with Gasteiger partial charge in [-0.05, 0) is 43.0 Å². The number of halogens is 1. The number of imidazole rings is 1. The van der Waals surface area contributed by atoms with Crippen LogP contribution in [0.25, 0.3) is 22.1 Å². The molecule has 8 nitrogen and oxygen atoms in total. The number of fused-ring (bicyclic) bond motifs is 2. The molecule has 4 heterocycles. The van der Waals surface area contributed by atoms with Crippen LogP contribution in [-0.4, -0.2) is 50.5 Å². The van der Waals surface area contributed by atoms with E-state index in [1.807, 2.05) is 24.4 Å². The summed E-state index contributed by atoms with van der Waals surface area (Å²) in [5, 5.41) is 4.93. The van der Waals surface area contributed by atoms with Gasteiger partial charge in [0.1, 0.15) is 11.8 Å². The summed E-state index contributed by atoms with van der Waals surface area (Å²) >= 11 is 6.12. The largest absolute Gasteiger partial charge is 0.361 e. The molecule has 0 aliphatic carbocycles. The predicted octanol–water partition coefficient (Wildman–Crippen LogP) is 3.06. The van der Waals surface area contributed by atoms with E-state index in [-0.39, 0.29) is 11.8 Å². The Morgan fingerprint density at radius 3 is 3.13 bits per heavy atom. The van der Waals surface area contributed by atoms with E-state index < -0.39 is 0 Å². The Kier molecular flexibility index (Phi) is 5.00. The average molecular weight is 424 g/mol. The number of rotatable bonds is 5. The molecule has 0 bridgehead atoms. The fraction of sp³-hybridized carbons (Fsp3) is 0.333. The van der Waals surface area contributed by atoms with Crippen LogP contribution in [0.2, 0.25) is 5.02 Å². The Bertz CT molecular complexity index is 1200. The fourth-order valence-corrected chi connectivity index (χ4v) is 4.37. The first-order chi connectivity index (χ1) is 14.7. The highest BCUT2D eigenvalue weighted by molar-refractivity contribution is 6.31. The monoisotopic (exact) mass is 423 g/mol. The van der Waals surface area contributed by atoms with Crippen molar-refractivity contribution >= 4 is 45.4 Å². The van der Waals surface area contributed by atoms with Crippen molar-refractivity contribution in [3.05, 3.63) is 47.6 Å². The van der Waals surface area contributed by atoms with Crippen molar-refractivity contribution in [2.45, 2.75) is 19.3 Å². The van der Waals surface area contributed by atoms with Gasteiger partial charge in [-0.25, -0.2) is 15.0 Å². The van der Waals surface area contributed by atoms with Gasteiger partial charge in [0.2, 0.25) is 5.91 Å². The third kappa shape index (κ3) is 3.59. The van der Waals surface area contributed by atoms with Gasteiger partial charge >= 0.3 is 0 Å². The van der Waals surface area contributed by atoms with Crippen LogP contribution in [0.4, 0.5) is 5.82 Å². The van der Waals surface area contributed by atoms with E-state index >= 15 is 0 Å². The molecule has 1 amide bonds.